The van der Waals surface area contributed by atoms with Crippen molar-refractivity contribution in [2.75, 3.05) is 12.4 Å². The van der Waals surface area contributed by atoms with Crippen LogP contribution < -0.4 is 10.1 Å². The van der Waals surface area contributed by atoms with Gasteiger partial charge in [-0.05, 0) is 33.6 Å². The zero-order chi connectivity index (χ0) is 16.4. The van der Waals surface area contributed by atoms with Gasteiger partial charge >= 0.3 is 6.01 Å². The number of nitrogens with zero attached hydrogens (tertiary/aromatic N) is 5. The Hall–Kier alpha value is -2.18. The lowest BCUT2D eigenvalue weighted by atomic mass is 10.0. The van der Waals surface area contributed by atoms with Crippen LogP contribution in [0.25, 0.3) is 0 Å². The standard InChI is InChI=1S/C16H24N6O/c1-16(2,3)22-14(9-12(21-22)11-7-5-6-8-11)18-13-10-17-20-15(19-13)23-4/h9-11H,5-8H2,1-4H3,(H,18,19,20). The van der Waals surface area contributed by atoms with Crippen molar-refractivity contribution in [3.63, 3.8) is 0 Å². The molecule has 0 saturated heterocycles. The quantitative estimate of drug-likeness (QED) is 0.933. The molecule has 3 rings (SSSR count). The fraction of sp³-hybridized carbons (Fsp3) is 0.625. The van der Waals surface area contributed by atoms with Gasteiger partial charge in [-0.1, -0.05) is 17.9 Å². The molecule has 1 N–H and O–H groups in total. The molecule has 0 bridgehead atoms. The molecular weight excluding hydrogens is 292 g/mol. The van der Waals surface area contributed by atoms with Crippen LogP contribution in [0, 0.1) is 0 Å². The van der Waals surface area contributed by atoms with Gasteiger partial charge in [-0.3, -0.25) is 0 Å². The molecular formula is C16H24N6O. The Bertz CT molecular complexity index is 669. The lowest BCUT2D eigenvalue weighted by Crippen LogP contribution is -2.25. The predicted octanol–water partition coefficient (Wildman–Crippen LogP) is 3.23. The average molecular weight is 316 g/mol. The van der Waals surface area contributed by atoms with Crippen molar-refractivity contribution >= 4 is 11.6 Å². The van der Waals surface area contributed by atoms with Crippen LogP contribution in [0.3, 0.4) is 0 Å². The van der Waals surface area contributed by atoms with Gasteiger partial charge in [0.05, 0.1) is 24.5 Å². The molecule has 0 atom stereocenters. The van der Waals surface area contributed by atoms with Crippen LogP contribution in [-0.2, 0) is 5.54 Å². The van der Waals surface area contributed by atoms with E-state index >= 15 is 0 Å². The first kappa shape index (κ1) is 15.7. The van der Waals surface area contributed by atoms with Crippen LogP contribution >= 0.6 is 0 Å². The summed E-state index contributed by atoms with van der Waals surface area (Å²) in [7, 11) is 1.53. The summed E-state index contributed by atoms with van der Waals surface area (Å²) < 4.78 is 7.05. The van der Waals surface area contributed by atoms with Crippen molar-refractivity contribution in [2.45, 2.75) is 57.9 Å². The number of hydrogen-bond donors (Lipinski definition) is 1. The molecule has 1 aliphatic rings. The van der Waals surface area contributed by atoms with Gasteiger partial charge in [0.2, 0.25) is 0 Å². The first-order chi connectivity index (χ1) is 11.0. The van der Waals surface area contributed by atoms with E-state index in [0.717, 1.165) is 11.5 Å². The third-order valence-corrected chi connectivity index (χ3v) is 4.12. The number of anilines is 2. The fourth-order valence-electron chi connectivity index (χ4n) is 2.99. The first-order valence-corrected chi connectivity index (χ1v) is 8.08. The highest BCUT2D eigenvalue weighted by atomic mass is 16.5. The summed E-state index contributed by atoms with van der Waals surface area (Å²) in [5.74, 6) is 2.08. The maximum absolute atomic E-state index is 5.03. The molecule has 0 aliphatic heterocycles. The summed E-state index contributed by atoms with van der Waals surface area (Å²) in [6, 6.07) is 2.38. The molecule has 1 fully saturated rings. The molecule has 0 amide bonds. The second kappa shape index (κ2) is 6.14. The van der Waals surface area contributed by atoms with Gasteiger partial charge in [0.1, 0.15) is 5.82 Å². The van der Waals surface area contributed by atoms with Gasteiger partial charge < -0.3 is 10.1 Å². The number of rotatable bonds is 4. The van der Waals surface area contributed by atoms with Crippen LogP contribution in [0.15, 0.2) is 12.3 Å². The largest absolute Gasteiger partial charge is 0.466 e. The Balaban J connectivity index is 1.92. The molecule has 7 heteroatoms. The van der Waals surface area contributed by atoms with E-state index in [9.17, 15) is 0 Å². The molecule has 2 heterocycles. The maximum Gasteiger partial charge on any atom is 0.337 e. The number of hydrogen-bond acceptors (Lipinski definition) is 6. The van der Waals surface area contributed by atoms with Gasteiger partial charge in [-0.25, -0.2) is 4.68 Å². The van der Waals surface area contributed by atoms with Crippen molar-refractivity contribution in [3.05, 3.63) is 18.0 Å². The van der Waals surface area contributed by atoms with E-state index in [0.29, 0.717) is 11.7 Å². The molecule has 0 unspecified atom stereocenters. The van der Waals surface area contributed by atoms with Crippen molar-refractivity contribution in [2.24, 2.45) is 0 Å². The van der Waals surface area contributed by atoms with Crippen molar-refractivity contribution in [1.82, 2.24) is 25.0 Å². The highest BCUT2D eigenvalue weighted by Crippen LogP contribution is 2.36. The van der Waals surface area contributed by atoms with Gasteiger partial charge in [-0.2, -0.15) is 15.2 Å². The summed E-state index contributed by atoms with van der Waals surface area (Å²) in [5.41, 5.74) is 1.04. The summed E-state index contributed by atoms with van der Waals surface area (Å²) in [4.78, 5) is 4.27. The van der Waals surface area contributed by atoms with Crippen molar-refractivity contribution < 1.29 is 4.74 Å². The SMILES string of the molecule is COc1nncc(Nc2cc(C3CCCC3)nn2C(C)(C)C)n1. The predicted molar refractivity (Wildman–Crippen MR) is 88.1 cm³/mol. The molecule has 2 aromatic rings. The van der Waals surface area contributed by atoms with Crippen molar-refractivity contribution in [3.8, 4) is 6.01 Å². The second-order valence-corrected chi connectivity index (χ2v) is 6.97. The Morgan fingerprint density at radius 1 is 1.26 bits per heavy atom. The van der Waals surface area contributed by atoms with Crippen LogP contribution in [0.1, 0.15) is 58.1 Å². The third-order valence-electron chi connectivity index (χ3n) is 4.12. The van der Waals surface area contributed by atoms with E-state index < -0.39 is 0 Å². The molecule has 7 nitrogen and oxygen atoms in total. The molecule has 2 aromatic heterocycles. The lowest BCUT2D eigenvalue weighted by Gasteiger charge is -2.22. The number of aromatic nitrogens is 5. The van der Waals surface area contributed by atoms with E-state index in [1.165, 1.54) is 32.8 Å². The molecule has 124 valence electrons. The molecule has 0 radical (unpaired) electrons. The van der Waals surface area contributed by atoms with E-state index in [-0.39, 0.29) is 11.5 Å². The monoisotopic (exact) mass is 316 g/mol. The summed E-state index contributed by atoms with van der Waals surface area (Å²) in [6.07, 6.45) is 6.62. The molecule has 0 aromatic carbocycles. The number of methoxy groups -OCH3 is 1. The minimum absolute atomic E-state index is 0.121. The Morgan fingerprint density at radius 2 is 2.00 bits per heavy atom. The molecule has 23 heavy (non-hydrogen) atoms. The number of nitrogens with one attached hydrogen (secondary N) is 1. The molecule has 1 aliphatic carbocycles. The van der Waals surface area contributed by atoms with Crippen molar-refractivity contribution in [1.29, 1.82) is 0 Å². The Kier molecular flexibility index (Phi) is 4.19. The highest BCUT2D eigenvalue weighted by molar-refractivity contribution is 5.52. The van der Waals surface area contributed by atoms with E-state index in [1.54, 1.807) is 6.20 Å². The average Bonchev–Trinajstić information content (AvgIpc) is 3.15. The summed E-state index contributed by atoms with van der Waals surface area (Å²) in [5, 5.41) is 15.9. The normalized spacial score (nSPS) is 15.8. The molecule has 0 spiro atoms. The summed E-state index contributed by atoms with van der Waals surface area (Å²) in [6.45, 7) is 6.42. The van der Waals surface area contributed by atoms with Crippen LogP contribution in [0.4, 0.5) is 11.6 Å². The highest BCUT2D eigenvalue weighted by Gasteiger charge is 2.25. The first-order valence-electron chi connectivity index (χ1n) is 8.08. The third kappa shape index (κ3) is 3.43. The summed E-state index contributed by atoms with van der Waals surface area (Å²) >= 11 is 0. The zero-order valence-electron chi connectivity index (χ0n) is 14.2. The van der Waals surface area contributed by atoms with E-state index in [1.807, 2.05) is 4.68 Å². The fourth-order valence-corrected chi connectivity index (χ4v) is 2.99. The van der Waals surface area contributed by atoms with Gasteiger partial charge in [-0.15, -0.1) is 0 Å². The topological polar surface area (TPSA) is 77.8 Å². The van der Waals surface area contributed by atoms with E-state index in [4.69, 9.17) is 9.84 Å². The van der Waals surface area contributed by atoms with Crippen LogP contribution in [0.2, 0.25) is 0 Å². The molecule has 1 saturated carbocycles. The zero-order valence-corrected chi connectivity index (χ0v) is 14.2. The van der Waals surface area contributed by atoms with Gasteiger partial charge in [0.25, 0.3) is 0 Å². The Labute approximate surface area is 136 Å². The van der Waals surface area contributed by atoms with Crippen LogP contribution in [-0.4, -0.2) is 32.1 Å². The minimum Gasteiger partial charge on any atom is -0.466 e. The van der Waals surface area contributed by atoms with Gasteiger partial charge in [0.15, 0.2) is 5.82 Å². The number of ether oxygens (including phenoxy) is 1. The van der Waals surface area contributed by atoms with E-state index in [2.05, 4.69) is 47.3 Å². The Morgan fingerprint density at radius 3 is 2.65 bits per heavy atom. The maximum atomic E-state index is 5.03. The second-order valence-electron chi connectivity index (χ2n) is 6.97. The van der Waals surface area contributed by atoms with Gasteiger partial charge in [0, 0.05) is 12.0 Å². The lowest BCUT2D eigenvalue weighted by molar-refractivity contribution is 0.356. The smallest absolute Gasteiger partial charge is 0.337 e. The van der Waals surface area contributed by atoms with Crippen LogP contribution in [0.5, 0.6) is 6.01 Å². The minimum atomic E-state index is -0.121.